The zero-order valence-electron chi connectivity index (χ0n) is 29.8. The molecule has 0 radical (unpaired) electrons. The van der Waals surface area contributed by atoms with Gasteiger partial charge in [-0.1, -0.05) is 140 Å². The third kappa shape index (κ3) is 5.28. The highest BCUT2D eigenvalue weighted by Gasteiger charge is 2.22. The first kappa shape index (κ1) is 31.2. The van der Waals surface area contributed by atoms with E-state index in [1.807, 2.05) is 12.1 Å². The minimum absolute atomic E-state index is 0.818. The summed E-state index contributed by atoms with van der Waals surface area (Å²) in [5, 5.41) is 6.60. The Labute approximate surface area is 317 Å². The van der Waals surface area contributed by atoms with Crippen LogP contribution < -0.4 is 4.90 Å². The number of anilines is 3. The molecule has 0 saturated carbocycles. The Bertz CT molecular complexity index is 3090. The van der Waals surface area contributed by atoms with Gasteiger partial charge in [0.05, 0.1) is 0 Å². The molecule has 0 saturated heterocycles. The molecule has 0 aliphatic heterocycles. The highest BCUT2D eigenvalue weighted by Crippen LogP contribution is 2.47. The van der Waals surface area contributed by atoms with Gasteiger partial charge in [0.15, 0.2) is 0 Å². The molecule has 0 bridgehead atoms. The fraction of sp³-hybridized carbons (Fsp3) is 0. The van der Waals surface area contributed by atoms with Crippen LogP contribution >= 0.6 is 0 Å². The third-order valence-electron chi connectivity index (χ3n) is 10.8. The molecular weight excluding hydrogens is 671 g/mol. The van der Waals surface area contributed by atoms with Crippen LogP contribution in [0.15, 0.2) is 209 Å². The van der Waals surface area contributed by atoms with E-state index >= 15 is 0 Å². The van der Waals surface area contributed by atoms with E-state index in [1.54, 1.807) is 0 Å². The van der Waals surface area contributed by atoms with Gasteiger partial charge in [-0.3, -0.25) is 0 Å². The lowest BCUT2D eigenvalue weighted by molar-refractivity contribution is 0.664. The second-order valence-electron chi connectivity index (χ2n) is 14.1. The van der Waals surface area contributed by atoms with Crippen molar-refractivity contribution >= 4 is 71.7 Å². The number of rotatable bonds is 6. The lowest BCUT2D eigenvalue weighted by Crippen LogP contribution is -2.09. The van der Waals surface area contributed by atoms with Crippen molar-refractivity contribution in [2.75, 3.05) is 4.90 Å². The van der Waals surface area contributed by atoms with Crippen LogP contribution in [0.5, 0.6) is 0 Å². The van der Waals surface area contributed by atoms with Crippen molar-refractivity contribution in [2.45, 2.75) is 0 Å². The topological polar surface area (TPSA) is 29.5 Å². The second kappa shape index (κ2) is 12.6. The van der Waals surface area contributed by atoms with Crippen LogP contribution in [0, 0.1) is 0 Å². The minimum atomic E-state index is 0.818. The largest absolute Gasteiger partial charge is 0.456 e. The highest BCUT2D eigenvalue weighted by molar-refractivity contribution is 6.24. The molecule has 0 unspecified atom stereocenters. The Kier molecular flexibility index (Phi) is 7.17. The molecule has 3 nitrogen and oxygen atoms in total. The molecule has 9 aromatic carbocycles. The first-order valence-electron chi connectivity index (χ1n) is 18.7. The van der Waals surface area contributed by atoms with Gasteiger partial charge in [-0.05, 0) is 93.2 Å². The van der Waals surface area contributed by atoms with E-state index in [0.717, 1.165) is 72.1 Å². The molecule has 2 aromatic heterocycles. The van der Waals surface area contributed by atoms with Crippen LogP contribution in [-0.2, 0) is 0 Å². The summed E-state index contributed by atoms with van der Waals surface area (Å²) >= 11 is 0. The average Bonchev–Trinajstić information content (AvgIpc) is 3.81. The fourth-order valence-electron chi connectivity index (χ4n) is 8.18. The van der Waals surface area contributed by atoms with Crippen molar-refractivity contribution in [3.8, 4) is 33.4 Å². The van der Waals surface area contributed by atoms with Crippen molar-refractivity contribution in [3.05, 3.63) is 200 Å². The Morgan fingerprint density at radius 3 is 1.56 bits per heavy atom. The fourth-order valence-corrected chi connectivity index (χ4v) is 8.18. The highest BCUT2D eigenvalue weighted by atomic mass is 16.3. The number of benzene rings is 9. The van der Waals surface area contributed by atoms with E-state index in [-0.39, 0.29) is 0 Å². The Balaban J connectivity index is 1.11. The van der Waals surface area contributed by atoms with Crippen LogP contribution in [0.2, 0.25) is 0 Å². The van der Waals surface area contributed by atoms with Crippen LogP contribution in [0.4, 0.5) is 17.1 Å². The summed E-state index contributed by atoms with van der Waals surface area (Å²) in [5.41, 5.74) is 13.4. The number of nitrogens with zero attached hydrogens (tertiary/aromatic N) is 1. The summed E-state index contributed by atoms with van der Waals surface area (Å²) in [7, 11) is 0. The summed E-state index contributed by atoms with van der Waals surface area (Å²) < 4.78 is 13.6. The van der Waals surface area contributed by atoms with Crippen molar-refractivity contribution < 1.29 is 8.83 Å². The van der Waals surface area contributed by atoms with Gasteiger partial charge in [0.2, 0.25) is 0 Å². The normalized spacial score (nSPS) is 11.6. The lowest BCUT2D eigenvalue weighted by Gasteiger charge is -2.26. The monoisotopic (exact) mass is 703 g/mol. The maximum absolute atomic E-state index is 7.02. The molecule has 0 amide bonds. The van der Waals surface area contributed by atoms with E-state index in [2.05, 4.69) is 193 Å². The predicted octanol–water partition coefficient (Wildman–Crippen LogP) is 15.1. The minimum Gasteiger partial charge on any atom is -0.456 e. The SMILES string of the molecule is c1ccc(-c2ccc(N(c3ccc(-c4ccccc4)cc3)c3ccc4c(c3)oc3c(-c5ccc6ccccc6c5)c5c(cc34)oc3ccccc35)cc2)cc1. The summed E-state index contributed by atoms with van der Waals surface area (Å²) in [6.45, 7) is 0. The quantitative estimate of drug-likeness (QED) is 0.173. The van der Waals surface area contributed by atoms with Crippen LogP contribution in [0.25, 0.3) is 88.0 Å². The number of hydrogen-bond acceptors (Lipinski definition) is 3. The van der Waals surface area contributed by atoms with Gasteiger partial charge >= 0.3 is 0 Å². The van der Waals surface area contributed by atoms with Crippen molar-refractivity contribution in [3.63, 3.8) is 0 Å². The van der Waals surface area contributed by atoms with E-state index in [9.17, 15) is 0 Å². The van der Waals surface area contributed by atoms with Gasteiger partial charge in [-0.15, -0.1) is 0 Å². The molecule has 0 spiro atoms. The van der Waals surface area contributed by atoms with Crippen LogP contribution in [-0.4, -0.2) is 0 Å². The molecule has 55 heavy (non-hydrogen) atoms. The summed E-state index contributed by atoms with van der Waals surface area (Å²) in [4.78, 5) is 2.31. The Hall–Kier alpha value is -7.36. The molecular formula is C52H33NO2. The van der Waals surface area contributed by atoms with Crippen molar-refractivity contribution in [1.82, 2.24) is 0 Å². The van der Waals surface area contributed by atoms with Gasteiger partial charge in [0.25, 0.3) is 0 Å². The third-order valence-corrected chi connectivity index (χ3v) is 10.8. The van der Waals surface area contributed by atoms with E-state index in [4.69, 9.17) is 8.83 Å². The number of para-hydroxylation sites is 1. The number of furan rings is 2. The first-order chi connectivity index (χ1) is 27.2. The average molecular weight is 704 g/mol. The van der Waals surface area contributed by atoms with Crippen molar-refractivity contribution in [1.29, 1.82) is 0 Å². The Morgan fingerprint density at radius 1 is 0.309 bits per heavy atom. The van der Waals surface area contributed by atoms with E-state index in [1.165, 1.54) is 33.0 Å². The number of hydrogen-bond donors (Lipinski definition) is 0. The molecule has 3 heteroatoms. The van der Waals surface area contributed by atoms with Gasteiger partial charge < -0.3 is 13.7 Å². The predicted molar refractivity (Wildman–Crippen MR) is 229 cm³/mol. The molecule has 11 rings (SSSR count). The van der Waals surface area contributed by atoms with E-state index < -0.39 is 0 Å². The summed E-state index contributed by atoms with van der Waals surface area (Å²) in [6, 6.07) is 70.8. The van der Waals surface area contributed by atoms with Crippen LogP contribution in [0.1, 0.15) is 0 Å². The summed E-state index contributed by atoms with van der Waals surface area (Å²) in [6.07, 6.45) is 0. The molecule has 0 aliphatic rings. The van der Waals surface area contributed by atoms with Gasteiger partial charge in [-0.2, -0.15) is 0 Å². The second-order valence-corrected chi connectivity index (χ2v) is 14.1. The zero-order valence-corrected chi connectivity index (χ0v) is 29.8. The Morgan fingerprint density at radius 2 is 0.873 bits per heavy atom. The maximum Gasteiger partial charge on any atom is 0.144 e. The van der Waals surface area contributed by atoms with Gasteiger partial charge in [0, 0.05) is 50.2 Å². The smallest absolute Gasteiger partial charge is 0.144 e. The first-order valence-corrected chi connectivity index (χ1v) is 18.7. The zero-order chi connectivity index (χ0) is 36.3. The standard InChI is InChI=1S/C52H33NO2/c1-3-11-34(12-4-1)37-21-25-41(26-22-37)53(42-27-23-38(24-28-42)35-13-5-2-6-14-35)43-29-30-44-46-33-49-51(45-17-9-10-18-47(45)54-49)50(52(46)55-48(44)32-43)40-20-19-36-15-7-8-16-39(36)31-40/h1-33H. The molecule has 0 atom stereocenters. The van der Waals surface area contributed by atoms with Crippen LogP contribution in [0.3, 0.4) is 0 Å². The maximum atomic E-state index is 7.02. The number of fused-ring (bicyclic) bond motifs is 7. The van der Waals surface area contributed by atoms with Gasteiger partial charge in [0.1, 0.15) is 22.3 Å². The molecule has 2 heterocycles. The van der Waals surface area contributed by atoms with Gasteiger partial charge in [-0.25, -0.2) is 0 Å². The molecule has 0 aliphatic carbocycles. The van der Waals surface area contributed by atoms with Crippen molar-refractivity contribution in [2.24, 2.45) is 0 Å². The molecule has 11 aromatic rings. The molecule has 258 valence electrons. The molecule has 0 N–H and O–H groups in total. The van der Waals surface area contributed by atoms with E-state index in [0.29, 0.717) is 0 Å². The molecule has 0 fully saturated rings. The lowest BCUT2D eigenvalue weighted by atomic mass is 9.95. The summed E-state index contributed by atoms with van der Waals surface area (Å²) in [5.74, 6) is 0.